The summed E-state index contributed by atoms with van der Waals surface area (Å²) in [7, 11) is 0. The first-order valence-electron chi connectivity index (χ1n) is 8.14. The normalized spacial score (nSPS) is 13.2. The van der Waals surface area contributed by atoms with Crippen LogP contribution in [0.15, 0.2) is 42.5 Å². The van der Waals surface area contributed by atoms with E-state index >= 15 is 0 Å². The molecule has 138 valence electrons. The van der Waals surface area contributed by atoms with Gasteiger partial charge in [0.1, 0.15) is 6.61 Å². The molecule has 1 aromatic rings. The van der Waals surface area contributed by atoms with Crippen LogP contribution >= 0.6 is 15.9 Å². The van der Waals surface area contributed by atoms with Crippen molar-refractivity contribution < 1.29 is 24.2 Å². The number of hydrogen-bond acceptors (Lipinski definition) is 5. The van der Waals surface area contributed by atoms with E-state index in [1.165, 1.54) is 6.08 Å². The van der Waals surface area contributed by atoms with E-state index in [-0.39, 0.29) is 11.4 Å². The number of aliphatic hydroxyl groups is 1. The Morgan fingerprint density at radius 2 is 2.00 bits per heavy atom. The van der Waals surface area contributed by atoms with Crippen LogP contribution < -0.4 is 5.32 Å². The van der Waals surface area contributed by atoms with Gasteiger partial charge in [0.25, 0.3) is 0 Å². The summed E-state index contributed by atoms with van der Waals surface area (Å²) in [5.74, 6) is -0.443. The highest BCUT2D eigenvalue weighted by atomic mass is 79.9. The quantitative estimate of drug-likeness (QED) is 0.266. The van der Waals surface area contributed by atoms with Crippen molar-refractivity contribution >= 4 is 28.0 Å². The number of halogens is 1. The van der Waals surface area contributed by atoms with Gasteiger partial charge in [0.05, 0.1) is 17.5 Å². The van der Waals surface area contributed by atoms with E-state index in [0.29, 0.717) is 26.0 Å². The summed E-state index contributed by atoms with van der Waals surface area (Å²) in [6.07, 6.45) is 2.71. The first kappa shape index (κ1) is 21.2. The number of ether oxygens (including phenoxy) is 2. The summed E-state index contributed by atoms with van der Waals surface area (Å²) in [5, 5.41) is 12.6. The molecular weight excluding hydrogens is 390 g/mol. The highest BCUT2D eigenvalue weighted by Crippen LogP contribution is 2.12. The van der Waals surface area contributed by atoms with Gasteiger partial charge in [0.15, 0.2) is 0 Å². The van der Waals surface area contributed by atoms with Gasteiger partial charge in [-0.25, -0.2) is 9.59 Å². The first-order valence-corrected chi connectivity index (χ1v) is 9.06. The number of nitrogens with one attached hydrogen (secondary N) is 1. The van der Waals surface area contributed by atoms with Gasteiger partial charge in [-0.3, -0.25) is 0 Å². The van der Waals surface area contributed by atoms with Gasteiger partial charge in [-0.1, -0.05) is 52.3 Å². The Bertz CT molecular complexity index is 550. The van der Waals surface area contributed by atoms with E-state index in [0.717, 1.165) is 5.56 Å². The number of rotatable bonds is 10. The Kier molecular flexibility index (Phi) is 10.6. The maximum atomic E-state index is 11.6. The molecule has 6 nitrogen and oxygen atoms in total. The minimum Gasteiger partial charge on any atom is -0.463 e. The molecule has 1 amide bonds. The number of carbonyl (C=O) groups excluding carboxylic acids is 2. The van der Waals surface area contributed by atoms with Crippen LogP contribution in [0, 0.1) is 0 Å². The Morgan fingerprint density at radius 3 is 2.68 bits per heavy atom. The summed E-state index contributed by atoms with van der Waals surface area (Å²) in [5.41, 5.74) is 0.920. The minimum atomic E-state index is -0.673. The van der Waals surface area contributed by atoms with Crippen LogP contribution in [0.2, 0.25) is 0 Å². The third-order valence-electron chi connectivity index (χ3n) is 3.23. The second-order valence-corrected chi connectivity index (χ2v) is 6.31. The van der Waals surface area contributed by atoms with Crippen LogP contribution in [0.4, 0.5) is 4.79 Å². The van der Waals surface area contributed by atoms with Crippen molar-refractivity contribution in [3.05, 3.63) is 48.0 Å². The zero-order chi connectivity index (χ0) is 18.5. The lowest BCUT2D eigenvalue weighted by molar-refractivity contribution is -0.137. The number of alkyl halides is 1. The van der Waals surface area contributed by atoms with E-state index in [4.69, 9.17) is 9.47 Å². The van der Waals surface area contributed by atoms with Crippen LogP contribution in [-0.2, 0) is 20.9 Å². The fourth-order valence-corrected chi connectivity index (χ4v) is 2.34. The summed E-state index contributed by atoms with van der Waals surface area (Å²) < 4.78 is 9.85. The lowest BCUT2D eigenvalue weighted by Gasteiger charge is -2.14. The van der Waals surface area contributed by atoms with E-state index < -0.39 is 18.2 Å². The highest BCUT2D eigenvalue weighted by molar-refractivity contribution is 9.09. The predicted molar refractivity (Wildman–Crippen MR) is 98.4 cm³/mol. The predicted octanol–water partition coefficient (Wildman–Crippen LogP) is 2.94. The Morgan fingerprint density at radius 1 is 1.28 bits per heavy atom. The van der Waals surface area contributed by atoms with Gasteiger partial charge in [-0.15, -0.1) is 0 Å². The number of benzene rings is 1. The van der Waals surface area contributed by atoms with Crippen LogP contribution in [0.1, 0.15) is 25.3 Å². The molecule has 0 radical (unpaired) electrons. The molecule has 1 rings (SSSR count). The molecule has 7 heteroatoms. The highest BCUT2D eigenvalue weighted by Gasteiger charge is 2.13. The number of amides is 1. The Hall–Kier alpha value is -1.86. The molecule has 0 aliphatic rings. The first-order chi connectivity index (χ1) is 12.0. The molecule has 0 spiro atoms. The molecule has 0 saturated carbocycles. The van der Waals surface area contributed by atoms with Crippen molar-refractivity contribution in [1.82, 2.24) is 5.32 Å². The molecule has 2 N–H and O–H groups in total. The zero-order valence-electron chi connectivity index (χ0n) is 14.2. The fourth-order valence-electron chi connectivity index (χ4n) is 1.92. The van der Waals surface area contributed by atoms with Crippen molar-refractivity contribution in [3.63, 3.8) is 0 Å². The van der Waals surface area contributed by atoms with Crippen molar-refractivity contribution in [2.75, 3.05) is 13.2 Å². The van der Waals surface area contributed by atoms with E-state index in [9.17, 15) is 14.7 Å². The second-order valence-electron chi connectivity index (χ2n) is 5.25. The average molecular weight is 414 g/mol. The van der Waals surface area contributed by atoms with Crippen molar-refractivity contribution in [1.29, 1.82) is 0 Å². The number of esters is 1. The van der Waals surface area contributed by atoms with Crippen molar-refractivity contribution in [3.8, 4) is 0 Å². The van der Waals surface area contributed by atoms with Crippen molar-refractivity contribution in [2.45, 2.75) is 37.3 Å². The maximum Gasteiger partial charge on any atom is 0.407 e. The minimum absolute atomic E-state index is 0.220. The van der Waals surface area contributed by atoms with Gasteiger partial charge in [0.2, 0.25) is 0 Å². The maximum absolute atomic E-state index is 11.6. The molecule has 2 atom stereocenters. The third-order valence-corrected chi connectivity index (χ3v) is 4.14. The molecule has 0 aromatic heterocycles. The molecule has 0 heterocycles. The summed E-state index contributed by atoms with van der Waals surface area (Å²) in [4.78, 5) is 22.4. The smallest absolute Gasteiger partial charge is 0.407 e. The standard InChI is InChI=1S/C18H24BrNO5/c1-2-24-17(22)11-10-15(19)16(21)9-6-12-20-18(23)25-13-14-7-4-3-5-8-14/h3-5,7-8,10-11,15-16,21H,2,6,9,12-13H2,1H3,(H,20,23)/b11-10+/t15-,16-/m1/s1. The topological polar surface area (TPSA) is 84.9 Å². The Balaban J connectivity index is 2.15. The molecule has 25 heavy (non-hydrogen) atoms. The van der Waals surface area contributed by atoms with Crippen molar-refractivity contribution in [2.24, 2.45) is 0 Å². The number of alkyl carbamates (subject to hydrolysis) is 1. The van der Waals surface area contributed by atoms with Gasteiger partial charge in [-0.2, -0.15) is 0 Å². The van der Waals surface area contributed by atoms with E-state index in [1.54, 1.807) is 13.0 Å². The summed E-state index contributed by atoms with van der Waals surface area (Å²) >= 11 is 3.30. The monoisotopic (exact) mass is 413 g/mol. The third kappa shape index (κ3) is 9.89. The van der Waals surface area contributed by atoms with E-state index in [1.807, 2.05) is 30.3 Å². The molecule has 1 aromatic carbocycles. The average Bonchev–Trinajstić information content (AvgIpc) is 2.62. The molecule has 0 bridgehead atoms. The lowest BCUT2D eigenvalue weighted by atomic mass is 10.1. The number of hydrogen-bond donors (Lipinski definition) is 2. The van der Waals surface area contributed by atoms with Gasteiger partial charge in [0, 0.05) is 12.6 Å². The molecule has 0 saturated heterocycles. The van der Waals surface area contributed by atoms with Gasteiger partial charge in [-0.05, 0) is 25.3 Å². The van der Waals surface area contributed by atoms with E-state index in [2.05, 4.69) is 21.2 Å². The van der Waals surface area contributed by atoms with Crippen LogP contribution in [0.5, 0.6) is 0 Å². The van der Waals surface area contributed by atoms with Gasteiger partial charge >= 0.3 is 12.1 Å². The molecular formula is C18H24BrNO5. The lowest BCUT2D eigenvalue weighted by Crippen LogP contribution is -2.27. The summed E-state index contributed by atoms with van der Waals surface area (Å²) in [6, 6.07) is 9.41. The number of aliphatic hydroxyl groups excluding tert-OH is 1. The second kappa shape index (κ2) is 12.5. The molecule has 0 unspecified atom stereocenters. The Labute approximate surface area is 156 Å². The van der Waals surface area contributed by atoms with Crippen LogP contribution in [0.3, 0.4) is 0 Å². The SMILES string of the molecule is CCOC(=O)/C=C/[C@@H](Br)[C@H](O)CCCNC(=O)OCc1ccccc1. The van der Waals surface area contributed by atoms with Crippen LogP contribution in [0.25, 0.3) is 0 Å². The summed E-state index contributed by atoms with van der Waals surface area (Å²) in [6.45, 7) is 2.65. The largest absolute Gasteiger partial charge is 0.463 e. The fraction of sp³-hybridized carbons (Fsp3) is 0.444. The van der Waals surface area contributed by atoms with Gasteiger partial charge < -0.3 is 19.9 Å². The molecule has 0 aliphatic heterocycles. The molecule has 0 aliphatic carbocycles. The molecule has 0 fully saturated rings. The van der Waals surface area contributed by atoms with Crippen LogP contribution in [-0.4, -0.2) is 41.3 Å². The zero-order valence-corrected chi connectivity index (χ0v) is 15.8. The number of carbonyl (C=O) groups is 2.